The maximum atomic E-state index is 11.5. The molecule has 1 amide bonds. The average molecular weight is 398 g/mol. The van der Waals surface area contributed by atoms with Gasteiger partial charge in [-0.2, -0.15) is 0 Å². The van der Waals surface area contributed by atoms with E-state index in [1.165, 1.54) is 11.0 Å². The summed E-state index contributed by atoms with van der Waals surface area (Å²) in [6, 6.07) is 9.25. The van der Waals surface area contributed by atoms with E-state index in [9.17, 15) is 9.90 Å². The summed E-state index contributed by atoms with van der Waals surface area (Å²) in [7, 11) is 9.78. The van der Waals surface area contributed by atoms with E-state index in [-0.39, 0.29) is 24.6 Å². The Morgan fingerprint density at radius 3 is 2.30 bits per heavy atom. The molecule has 1 aromatic rings. The molecule has 128 valence electrons. The van der Waals surface area contributed by atoms with Gasteiger partial charge in [-0.15, -0.1) is 0 Å². The zero-order valence-corrected chi connectivity index (χ0v) is 16.3. The van der Waals surface area contributed by atoms with Gasteiger partial charge in [0.15, 0.2) is 5.88 Å². The molecule has 1 aliphatic heterocycles. The number of carbonyl (C=O) groups is 1. The molecule has 0 aliphatic carbocycles. The van der Waals surface area contributed by atoms with E-state index >= 15 is 0 Å². The van der Waals surface area contributed by atoms with Crippen molar-refractivity contribution in [3.8, 4) is 0 Å². The van der Waals surface area contributed by atoms with Gasteiger partial charge in [0.1, 0.15) is 12.6 Å². The third-order valence-corrected chi connectivity index (χ3v) is 2.56. The van der Waals surface area contributed by atoms with Crippen molar-refractivity contribution >= 4 is 24.7 Å². The first-order chi connectivity index (χ1) is 10.9. The van der Waals surface area contributed by atoms with Crippen molar-refractivity contribution in [3.63, 3.8) is 0 Å². The third kappa shape index (κ3) is 8.63. The number of benzene rings is 1. The Kier molecular flexibility index (Phi) is 12.3. The third-order valence-electron chi connectivity index (χ3n) is 2.56. The quantitative estimate of drug-likeness (QED) is 0.574. The predicted molar refractivity (Wildman–Crippen MR) is 87.8 cm³/mol. The number of aliphatic hydroxyl groups is 2. The molecule has 1 heterocycles. The monoisotopic (exact) mass is 397 g/mol. The average Bonchev–Trinajstić information content (AvgIpc) is 2.89. The van der Waals surface area contributed by atoms with Crippen molar-refractivity contribution in [2.75, 3.05) is 6.61 Å². The van der Waals surface area contributed by atoms with Crippen LogP contribution in [0.4, 0.5) is 4.79 Å². The number of cyclic esters (lactones) is 1. The summed E-state index contributed by atoms with van der Waals surface area (Å²) in [6.07, 6.45) is 0.798. The van der Waals surface area contributed by atoms with Crippen LogP contribution >= 0.6 is 18.6 Å². The van der Waals surface area contributed by atoms with E-state index in [4.69, 9.17) is 28.5 Å². The molecular formula is C15H21Cl2NO4Ti. The minimum absolute atomic E-state index is 0.0728. The summed E-state index contributed by atoms with van der Waals surface area (Å²) in [5, 5.41) is 17.7. The Labute approximate surface area is 153 Å². The molecular weight excluding hydrogens is 377 g/mol. The van der Waals surface area contributed by atoms with Gasteiger partial charge in [0.2, 0.25) is 0 Å². The molecule has 2 N–H and O–H groups in total. The van der Waals surface area contributed by atoms with Crippen molar-refractivity contribution < 1.29 is 36.8 Å². The number of ether oxygens (including phenoxy) is 1. The molecule has 0 radical (unpaired) electrons. The maximum absolute atomic E-state index is 11.5. The van der Waals surface area contributed by atoms with Crippen LogP contribution in [0.15, 0.2) is 42.3 Å². The van der Waals surface area contributed by atoms with Crippen molar-refractivity contribution in [1.82, 2.24) is 4.90 Å². The van der Waals surface area contributed by atoms with Crippen molar-refractivity contribution in [3.05, 3.63) is 47.9 Å². The Morgan fingerprint density at radius 1 is 1.39 bits per heavy atom. The van der Waals surface area contributed by atoms with Gasteiger partial charge in [-0.25, -0.2) is 9.69 Å². The van der Waals surface area contributed by atoms with Crippen LogP contribution < -0.4 is 0 Å². The van der Waals surface area contributed by atoms with Crippen LogP contribution in [-0.4, -0.2) is 33.9 Å². The molecule has 1 aromatic carbocycles. The fourth-order valence-electron chi connectivity index (χ4n) is 1.73. The zero-order valence-electron chi connectivity index (χ0n) is 13.2. The first-order valence-corrected chi connectivity index (χ1v) is 11.2. The number of hydrogen-bond acceptors (Lipinski definition) is 4. The van der Waals surface area contributed by atoms with Crippen molar-refractivity contribution in [2.24, 2.45) is 0 Å². The molecule has 0 spiro atoms. The van der Waals surface area contributed by atoms with E-state index in [1.807, 2.05) is 30.3 Å². The number of nitrogens with zero attached hydrogens (tertiary/aromatic N) is 1. The van der Waals surface area contributed by atoms with E-state index in [0.717, 1.165) is 5.56 Å². The molecule has 2 rings (SSSR count). The first kappa shape index (κ1) is 22.3. The van der Waals surface area contributed by atoms with Crippen LogP contribution in [0.3, 0.4) is 0 Å². The van der Waals surface area contributed by atoms with Gasteiger partial charge in [0, 0.05) is 6.10 Å². The summed E-state index contributed by atoms with van der Waals surface area (Å²) in [6.45, 7) is 5.38. The van der Waals surface area contributed by atoms with Gasteiger partial charge >= 0.3 is 41.7 Å². The molecule has 1 aliphatic rings. The van der Waals surface area contributed by atoms with Crippen molar-refractivity contribution in [2.45, 2.75) is 32.9 Å². The van der Waals surface area contributed by atoms with Crippen LogP contribution in [0.2, 0.25) is 0 Å². The summed E-state index contributed by atoms with van der Waals surface area (Å²) in [5.41, 5.74) is 0.946. The molecule has 0 bridgehead atoms. The molecule has 8 heteroatoms. The van der Waals surface area contributed by atoms with Gasteiger partial charge in [-0.05, 0) is 32.4 Å². The molecule has 1 atom stereocenters. The summed E-state index contributed by atoms with van der Waals surface area (Å²) in [5.74, 6) is -0.0728. The molecule has 0 aromatic heterocycles. The number of halogens is 2. The minimum atomic E-state index is -0.556. The standard InChI is InChI=1S/C12H13NO3.C3H8O.2ClH.Ti/c1-2-11(14)13-10(8-16-12(13)15)9-6-4-3-5-7-9;1-3(2)4;;;/h2-7,10,14H,8H2,1H3;3-4H,1-2H3;2*1H;/q;;;;+2/p-2/b11-2-;;;;/t10-;;;;/m0..../s1. The van der Waals surface area contributed by atoms with Crippen molar-refractivity contribution in [1.29, 1.82) is 0 Å². The van der Waals surface area contributed by atoms with Gasteiger partial charge in [-0.3, -0.25) is 0 Å². The molecule has 1 saturated heterocycles. The second-order valence-electron chi connectivity index (χ2n) is 4.69. The molecule has 0 saturated carbocycles. The number of allylic oxidation sites excluding steroid dienone is 1. The van der Waals surface area contributed by atoms with Crippen LogP contribution in [0.25, 0.3) is 0 Å². The number of hydrogen-bond donors (Lipinski definition) is 2. The predicted octanol–water partition coefficient (Wildman–Crippen LogP) is 4.36. The second kappa shape index (κ2) is 12.7. The van der Waals surface area contributed by atoms with E-state index < -0.39 is 23.1 Å². The fourth-order valence-corrected chi connectivity index (χ4v) is 1.73. The van der Waals surface area contributed by atoms with E-state index in [1.54, 1.807) is 20.8 Å². The van der Waals surface area contributed by atoms with Crippen LogP contribution in [-0.2, 0) is 21.8 Å². The number of amides is 1. The topological polar surface area (TPSA) is 70.0 Å². The summed E-state index contributed by atoms with van der Waals surface area (Å²) < 4.78 is 4.94. The molecule has 5 nitrogen and oxygen atoms in total. The Morgan fingerprint density at radius 2 is 1.87 bits per heavy atom. The normalized spacial score (nSPS) is 16.8. The van der Waals surface area contributed by atoms with E-state index in [2.05, 4.69) is 0 Å². The van der Waals surface area contributed by atoms with Gasteiger partial charge in [0.05, 0.1) is 0 Å². The fraction of sp³-hybridized carbons (Fsp3) is 0.400. The van der Waals surface area contributed by atoms with Gasteiger partial charge in [-0.1, -0.05) is 30.3 Å². The van der Waals surface area contributed by atoms with Crippen LogP contribution in [0.1, 0.15) is 32.4 Å². The molecule has 1 fully saturated rings. The summed E-state index contributed by atoms with van der Waals surface area (Å²) >= 11 is -0.556. The Bertz CT molecular complexity index is 483. The number of rotatable bonds is 2. The second-order valence-corrected chi connectivity index (χ2v) is 7.26. The zero-order chi connectivity index (χ0) is 17.8. The molecule has 0 unspecified atom stereocenters. The number of carbonyl (C=O) groups excluding carboxylic acids is 1. The number of aliphatic hydroxyl groups excluding tert-OH is 2. The Balaban J connectivity index is 0.000000591. The van der Waals surface area contributed by atoms with E-state index in [0.29, 0.717) is 0 Å². The van der Waals surface area contributed by atoms with Gasteiger partial charge in [0.25, 0.3) is 0 Å². The SMILES string of the molecule is C/C=C(\O)N1C(=O)OC[C@H]1c1ccccc1.CC(C)O.[Cl][Ti][Cl]. The van der Waals surface area contributed by atoms with Crippen LogP contribution in [0.5, 0.6) is 0 Å². The summed E-state index contributed by atoms with van der Waals surface area (Å²) in [4.78, 5) is 12.7. The Hall–Kier alpha value is -0.716. The van der Waals surface area contributed by atoms with Gasteiger partial charge < -0.3 is 14.9 Å². The van der Waals surface area contributed by atoms with Crippen LogP contribution in [0, 0.1) is 0 Å². The first-order valence-electron chi connectivity index (χ1n) is 6.89. The molecule has 23 heavy (non-hydrogen) atoms.